The summed E-state index contributed by atoms with van der Waals surface area (Å²) in [6, 6.07) is 14.2. The molecular weight excluding hydrogens is 364 g/mol. The lowest BCUT2D eigenvalue weighted by atomic mass is 9.89. The van der Waals surface area contributed by atoms with E-state index in [2.05, 4.69) is 5.32 Å². The number of primary amides is 1. The molecule has 1 atom stereocenters. The average molecular weight is 389 g/mol. The van der Waals surface area contributed by atoms with Crippen molar-refractivity contribution in [1.82, 2.24) is 5.32 Å². The van der Waals surface area contributed by atoms with Gasteiger partial charge in [-0.05, 0) is 55.2 Å². The first kappa shape index (κ1) is 20.8. The number of carbonyl (C=O) groups is 2. The minimum Gasteiger partial charge on any atom is -0.489 e. The average Bonchev–Trinajstić information content (AvgIpc) is 2.60. The number of hydrogen-bond acceptors (Lipinski definition) is 3. The van der Waals surface area contributed by atoms with E-state index in [-0.39, 0.29) is 11.8 Å². The molecule has 2 amide bonds. The van der Waals surface area contributed by atoms with E-state index in [4.69, 9.17) is 22.1 Å². The van der Waals surface area contributed by atoms with Gasteiger partial charge in [-0.1, -0.05) is 43.6 Å². The highest BCUT2D eigenvalue weighted by Crippen LogP contribution is 2.20. The van der Waals surface area contributed by atoms with Crippen molar-refractivity contribution in [3.05, 3.63) is 64.7 Å². The van der Waals surface area contributed by atoms with Crippen LogP contribution >= 0.6 is 11.6 Å². The number of nitrogens with two attached hydrogens (primary N) is 1. The molecule has 0 heterocycles. The maximum atomic E-state index is 12.6. The van der Waals surface area contributed by atoms with E-state index in [1.54, 1.807) is 43.3 Å². The number of amides is 2. The largest absolute Gasteiger partial charge is 0.489 e. The van der Waals surface area contributed by atoms with E-state index in [1.165, 1.54) is 0 Å². The first-order valence-electron chi connectivity index (χ1n) is 8.79. The molecule has 0 bridgehead atoms. The third-order valence-corrected chi connectivity index (χ3v) is 4.42. The fourth-order valence-corrected chi connectivity index (χ4v) is 2.95. The van der Waals surface area contributed by atoms with E-state index in [1.807, 2.05) is 26.0 Å². The third-order valence-electron chi connectivity index (χ3n) is 4.16. The molecule has 2 aromatic rings. The quantitative estimate of drug-likeness (QED) is 0.718. The van der Waals surface area contributed by atoms with Gasteiger partial charge in [0.05, 0.1) is 0 Å². The van der Waals surface area contributed by atoms with Crippen LogP contribution in [0.3, 0.4) is 0 Å². The second-order valence-electron chi connectivity index (χ2n) is 7.19. The van der Waals surface area contributed by atoms with Gasteiger partial charge in [0, 0.05) is 10.6 Å². The lowest BCUT2D eigenvalue weighted by molar-refractivity contribution is -0.124. The molecule has 0 radical (unpaired) electrons. The lowest BCUT2D eigenvalue weighted by Gasteiger charge is -2.29. The first-order chi connectivity index (χ1) is 12.7. The molecule has 2 aromatic carbocycles. The fourth-order valence-electron chi connectivity index (χ4n) is 2.83. The van der Waals surface area contributed by atoms with Gasteiger partial charge in [-0.3, -0.25) is 9.59 Å². The van der Waals surface area contributed by atoms with Gasteiger partial charge in [-0.2, -0.15) is 0 Å². The van der Waals surface area contributed by atoms with Crippen molar-refractivity contribution in [3.63, 3.8) is 0 Å². The van der Waals surface area contributed by atoms with Crippen molar-refractivity contribution in [2.45, 2.75) is 39.3 Å². The Kier molecular flexibility index (Phi) is 6.86. The maximum Gasteiger partial charge on any atom is 0.252 e. The second-order valence-corrected chi connectivity index (χ2v) is 7.63. The van der Waals surface area contributed by atoms with Crippen molar-refractivity contribution in [2.75, 3.05) is 0 Å². The van der Waals surface area contributed by atoms with Crippen LogP contribution in [0.4, 0.5) is 0 Å². The zero-order valence-corrected chi connectivity index (χ0v) is 16.5. The Hall–Kier alpha value is -2.53. The molecule has 6 heteroatoms. The summed E-state index contributed by atoms with van der Waals surface area (Å²) in [7, 11) is 0. The van der Waals surface area contributed by atoms with Gasteiger partial charge in [-0.15, -0.1) is 0 Å². The van der Waals surface area contributed by atoms with E-state index >= 15 is 0 Å². The number of hydrogen-bond donors (Lipinski definition) is 2. The minimum absolute atomic E-state index is 0.205. The van der Waals surface area contributed by atoms with E-state index < -0.39 is 11.4 Å². The Bertz CT molecular complexity index is 805. The molecule has 144 valence electrons. The van der Waals surface area contributed by atoms with Crippen molar-refractivity contribution in [1.29, 1.82) is 0 Å². The normalized spacial score (nSPS) is 13.1. The van der Waals surface area contributed by atoms with Gasteiger partial charge in [0.2, 0.25) is 5.91 Å². The summed E-state index contributed by atoms with van der Waals surface area (Å²) >= 11 is 5.87. The standard InChI is InChI=1S/C21H25ClN2O3/c1-14(2)12-21(3,20(23)26)24-19(25)16-5-4-6-18(11-16)27-13-15-7-9-17(22)10-8-15/h4-11,14H,12-13H2,1-3H3,(H2,23,26)(H,24,25). The number of benzene rings is 2. The van der Waals surface area contributed by atoms with E-state index in [0.717, 1.165) is 5.56 Å². The number of halogens is 1. The Morgan fingerprint density at radius 3 is 2.44 bits per heavy atom. The predicted octanol–water partition coefficient (Wildman–Crippen LogP) is 3.94. The SMILES string of the molecule is CC(C)CC(C)(NC(=O)c1cccc(OCc2ccc(Cl)cc2)c1)C(N)=O. The van der Waals surface area contributed by atoms with Gasteiger partial charge in [0.25, 0.3) is 5.91 Å². The van der Waals surface area contributed by atoms with Crippen LogP contribution in [-0.4, -0.2) is 17.4 Å². The Morgan fingerprint density at radius 2 is 1.85 bits per heavy atom. The van der Waals surface area contributed by atoms with Crippen molar-refractivity contribution in [3.8, 4) is 5.75 Å². The van der Waals surface area contributed by atoms with Crippen LogP contribution in [0.1, 0.15) is 43.1 Å². The molecule has 27 heavy (non-hydrogen) atoms. The smallest absolute Gasteiger partial charge is 0.252 e. The molecule has 0 spiro atoms. The summed E-state index contributed by atoms with van der Waals surface area (Å²) in [6.07, 6.45) is 0.459. The van der Waals surface area contributed by atoms with Gasteiger partial charge in [0.15, 0.2) is 0 Å². The van der Waals surface area contributed by atoms with Crippen LogP contribution in [0, 0.1) is 5.92 Å². The summed E-state index contributed by atoms with van der Waals surface area (Å²) in [5.74, 6) is -0.160. The number of nitrogens with one attached hydrogen (secondary N) is 1. The van der Waals surface area contributed by atoms with Crippen LogP contribution in [0.15, 0.2) is 48.5 Å². The molecule has 0 saturated carbocycles. The van der Waals surface area contributed by atoms with Gasteiger partial charge in [-0.25, -0.2) is 0 Å². The lowest BCUT2D eigenvalue weighted by Crippen LogP contribution is -2.56. The molecule has 0 fully saturated rings. The summed E-state index contributed by atoms with van der Waals surface area (Å²) in [5, 5.41) is 3.43. The van der Waals surface area contributed by atoms with Crippen molar-refractivity contribution < 1.29 is 14.3 Å². The topological polar surface area (TPSA) is 81.4 Å². The molecule has 0 aromatic heterocycles. The zero-order valence-electron chi connectivity index (χ0n) is 15.8. The Morgan fingerprint density at radius 1 is 1.19 bits per heavy atom. The summed E-state index contributed by atoms with van der Waals surface area (Å²) < 4.78 is 5.75. The molecular formula is C21H25ClN2O3. The van der Waals surface area contributed by atoms with E-state index in [0.29, 0.717) is 29.4 Å². The Labute approximate surface area is 164 Å². The maximum absolute atomic E-state index is 12.6. The molecule has 2 rings (SSSR count). The summed E-state index contributed by atoms with van der Waals surface area (Å²) in [6.45, 7) is 5.94. The van der Waals surface area contributed by atoms with Crippen LogP contribution in [0.25, 0.3) is 0 Å². The molecule has 3 N–H and O–H groups in total. The molecule has 0 aliphatic rings. The van der Waals surface area contributed by atoms with Crippen LogP contribution in [-0.2, 0) is 11.4 Å². The molecule has 0 aliphatic heterocycles. The molecule has 0 aliphatic carbocycles. The number of carbonyl (C=O) groups excluding carboxylic acids is 2. The van der Waals surface area contributed by atoms with Crippen molar-refractivity contribution >= 4 is 23.4 Å². The molecule has 0 saturated heterocycles. The second kappa shape index (κ2) is 8.91. The third kappa shape index (κ3) is 6.00. The Balaban J connectivity index is 2.07. The van der Waals surface area contributed by atoms with Gasteiger partial charge >= 0.3 is 0 Å². The molecule has 5 nitrogen and oxygen atoms in total. The fraction of sp³-hybridized carbons (Fsp3) is 0.333. The number of rotatable bonds is 8. The van der Waals surface area contributed by atoms with E-state index in [9.17, 15) is 9.59 Å². The minimum atomic E-state index is -1.11. The van der Waals surface area contributed by atoms with Crippen LogP contribution < -0.4 is 15.8 Å². The van der Waals surface area contributed by atoms with Gasteiger partial charge in [0.1, 0.15) is 17.9 Å². The highest BCUT2D eigenvalue weighted by Gasteiger charge is 2.33. The zero-order chi connectivity index (χ0) is 20.0. The summed E-state index contributed by atoms with van der Waals surface area (Å²) in [5.41, 5.74) is 5.77. The monoisotopic (exact) mass is 388 g/mol. The van der Waals surface area contributed by atoms with Crippen LogP contribution in [0.2, 0.25) is 5.02 Å². The number of ether oxygens (including phenoxy) is 1. The highest BCUT2D eigenvalue weighted by atomic mass is 35.5. The highest BCUT2D eigenvalue weighted by molar-refractivity contribution is 6.30. The predicted molar refractivity (Wildman–Crippen MR) is 107 cm³/mol. The van der Waals surface area contributed by atoms with Gasteiger partial charge < -0.3 is 15.8 Å². The summed E-state index contributed by atoms with van der Waals surface area (Å²) in [4.78, 5) is 24.5. The molecule has 1 unspecified atom stereocenters. The van der Waals surface area contributed by atoms with Crippen LogP contribution in [0.5, 0.6) is 5.75 Å². The van der Waals surface area contributed by atoms with Crippen molar-refractivity contribution in [2.24, 2.45) is 11.7 Å². The first-order valence-corrected chi connectivity index (χ1v) is 9.17.